The topological polar surface area (TPSA) is 22.0 Å². The van der Waals surface area contributed by atoms with Crippen molar-refractivity contribution >= 4 is 18.0 Å². The van der Waals surface area contributed by atoms with Crippen molar-refractivity contribution in [3.63, 3.8) is 0 Å². The van der Waals surface area contributed by atoms with Crippen molar-refractivity contribution in [3.05, 3.63) is 47.3 Å². The van der Waals surface area contributed by atoms with Crippen LogP contribution < -0.4 is 0 Å². The lowest BCUT2D eigenvalue weighted by Crippen LogP contribution is -2.01. The van der Waals surface area contributed by atoms with Gasteiger partial charge in [0.1, 0.15) is 0 Å². The molecular formula is C14H12F3NOS. The zero-order chi connectivity index (χ0) is 14.9. The Morgan fingerprint density at radius 2 is 1.75 bits per heavy atom. The van der Waals surface area contributed by atoms with Gasteiger partial charge in [0.15, 0.2) is 6.29 Å². The number of aldehydes is 1. The number of halogens is 3. The largest absolute Gasteiger partial charge is 0.446 e. The van der Waals surface area contributed by atoms with Crippen molar-refractivity contribution in [2.24, 2.45) is 0 Å². The SMILES string of the molecule is Cc1cc(C=O)c(C)n1-c1ccc(SC(F)(F)F)cc1. The molecule has 0 saturated heterocycles. The van der Waals surface area contributed by atoms with Gasteiger partial charge < -0.3 is 4.57 Å². The van der Waals surface area contributed by atoms with Crippen molar-refractivity contribution in [1.29, 1.82) is 0 Å². The van der Waals surface area contributed by atoms with Crippen LogP contribution in [0.25, 0.3) is 5.69 Å². The Balaban J connectivity index is 2.35. The summed E-state index contributed by atoms with van der Waals surface area (Å²) in [5.41, 5.74) is -1.34. The van der Waals surface area contributed by atoms with Crippen LogP contribution in [-0.2, 0) is 0 Å². The Morgan fingerprint density at radius 1 is 1.15 bits per heavy atom. The highest BCUT2D eigenvalue weighted by atomic mass is 32.2. The van der Waals surface area contributed by atoms with Gasteiger partial charge in [-0.25, -0.2) is 0 Å². The summed E-state index contributed by atoms with van der Waals surface area (Å²) in [5, 5.41) is 0. The lowest BCUT2D eigenvalue weighted by Gasteiger charge is -2.11. The molecular weight excluding hydrogens is 287 g/mol. The summed E-state index contributed by atoms with van der Waals surface area (Å²) in [6.07, 6.45) is 0.771. The van der Waals surface area contributed by atoms with E-state index in [0.29, 0.717) is 5.56 Å². The molecule has 1 aromatic carbocycles. The molecule has 2 aromatic rings. The van der Waals surface area contributed by atoms with E-state index in [9.17, 15) is 18.0 Å². The maximum absolute atomic E-state index is 12.3. The lowest BCUT2D eigenvalue weighted by atomic mass is 10.2. The Hall–Kier alpha value is -1.69. The van der Waals surface area contributed by atoms with Gasteiger partial charge >= 0.3 is 5.51 Å². The first-order valence-electron chi connectivity index (χ1n) is 5.82. The number of rotatable bonds is 3. The molecule has 0 atom stereocenters. The van der Waals surface area contributed by atoms with E-state index in [1.165, 1.54) is 12.1 Å². The van der Waals surface area contributed by atoms with Crippen molar-refractivity contribution in [2.75, 3.05) is 0 Å². The fourth-order valence-corrected chi connectivity index (χ4v) is 2.64. The molecule has 0 spiro atoms. The van der Waals surface area contributed by atoms with Crippen LogP contribution in [0.3, 0.4) is 0 Å². The van der Waals surface area contributed by atoms with Gasteiger partial charge in [-0.2, -0.15) is 13.2 Å². The van der Waals surface area contributed by atoms with Crippen LogP contribution in [-0.4, -0.2) is 16.4 Å². The molecule has 0 saturated carbocycles. The third-order valence-electron chi connectivity index (χ3n) is 2.93. The maximum atomic E-state index is 12.3. The van der Waals surface area contributed by atoms with Crippen LogP contribution in [0.2, 0.25) is 0 Å². The number of benzene rings is 1. The number of hydrogen-bond acceptors (Lipinski definition) is 2. The number of carbonyl (C=O) groups is 1. The van der Waals surface area contributed by atoms with Gasteiger partial charge in [0.25, 0.3) is 0 Å². The number of hydrogen-bond donors (Lipinski definition) is 0. The Labute approximate surface area is 118 Å². The Morgan fingerprint density at radius 3 is 2.20 bits per heavy atom. The summed E-state index contributed by atoms with van der Waals surface area (Å²) < 4.78 is 38.6. The fraction of sp³-hybridized carbons (Fsp3) is 0.214. The van der Waals surface area contributed by atoms with Crippen molar-refractivity contribution < 1.29 is 18.0 Å². The van der Waals surface area contributed by atoms with Crippen LogP contribution in [0.15, 0.2) is 35.2 Å². The zero-order valence-corrected chi connectivity index (χ0v) is 11.7. The summed E-state index contributed by atoms with van der Waals surface area (Å²) >= 11 is -0.143. The monoisotopic (exact) mass is 299 g/mol. The first kappa shape index (κ1) is 14.7. The summed E-state index contributed by atoms with van der Waals surface area (Å²) in [7, 11) is 0. The van der Waals surface area contributed by atoms with Gasteiger partial charge in [-0.15, -0.1) is 0 Å². The molecule has 1 aromatic heterocycles. The highest BCUT2D eigenvalue weighted by Gasteiger charge is 2.29. The van der Waals surface area contributed by atoms with Crippen LogP contribution in [0.4, 0.5) is 13.2 Å². The number of carbonyl (C=O) groups excluding carboxylic acids is 1. The molecule has 20 heavy (non-hydrogen) atoms. The third-order valence-corrected chi connectivity index (χ3v) is 3.67. The molecule has 6 heteroatoms. The normalized spacial score (nSPS) is 11.7. The van der Waals surface area contributed by atoms with E-state index in [-0.39, 0.29) is 16.7 Å². The van der Waals surface area contributed by atoms with Crippen LogP contribution >= 0.6 is 11.8 Å². The summed E-state index contributed by atoms with van der Waals surface area (Å²) in [6.45, 7) is 3.65. The van der Waals surface area contributed by atoms with Gasteiger partial charge in [-0.05, 0) is 55.9 Å². The Kier molecular flexibility index (Phi) is 3.94. The minimum atomic E-state index is -4.29. The standard InChI is InChI=1S/C14H12F3NOS/c1-9-7-11(8-19)10(2)18(9)12-3-5-13(6-4-12)20-14(15,16)17/h3-8H,1-2H3. The van der Waals surface area contributed by atoms with E-state index >= 15 is 0 Å². The zero-order valence-electron chi connectivity index (χ0n) is 10.9. The molecule has 0 unspecified atom stereocenters. The molecule has 0 aliphatic rings. The van der Waals surface area contributed by atoms with Crippen molar-refractivity contribution in [2.45, 2.75) is 24.3 Å². The molecule has 0 N–H and O–H groups in total. The third kappa shape index (κ3) is 3.07. The molecule has 0 bridgehead atoms. The van der Waals surface area contributed by atoms with E-state index in [1.807, 2.05) is 11.5 Å². The van der Waals surface area contributed by atoms with E-state index < -0.39 is 5.51 Å². The molecule has 2 rings (SSSR count). The quantitative estimate of drug-likeness (QED) is 0.614. The number of aromatic nitrogens is 1. The second-order valence-corrected chi connectivity index (χ2v) is 5.46. The Bertz CT molecular complexity index is 629. The minimum Gasteiger partial charge on any atom is -0.318 e. The summed E-state index contributed by atoms with van der Waals surface area (Å²) in [5.74, 6) is 0. The van der Waals surface area contributed by atoms with E-state index in [2.05, 4.69) is 0 Å². The molecule has 0 aliphatic heterocycles. The number of nitrogens with zero attached hydrogens (tertiary/aromatic N) is 1. The highest BCUT2D eigenvalue weighted by Crippen LogP contribution is 2.37. The van der Waals surface area contributed by atoms with Crippen LogP contribution in [0.1, 0.15) is 21.7 Å². The minimum absolute atomic E-state index is 0.138. The smallest absolute Gasteiger partial charge is 0.318 e. The fourth-order valence-electron chi connectivity index (χ4n) is 2.10. The van der Waals surface area contributed by atoms with E-state index in [4.69, 9.17) is 0 Å². The van der Waals surface area contributed by atoms with Gasteiger partial charge in [-0.3, -0.25) is 4.79 Å². The summed E-state index contributed by atoms with van der Waals surface area (Å²) in [6, 6.07) is 7.83. The van der Waals surface area contributed by atoms with Crippen molar-refractivity contribution in [1.82, 2.24) is 4.57 Å². The van der Waals surface area contributed by atoms with Gasteiger partial charge in [0.05, 0.1) is 0 Å². The van der Waals surface area contributed by atoms with Gasteiger partial charge in [-0.1, -0.05) is 0 Å². The number of thioether (sulfide) groups is 1. The van der Waals surface area contributed by atoms with Gasteiger partial charge in [0.2, 0.25) is 0 Å². The average molecular weight is 299 g/mol. The lowest BCUT2D eigenvalue weighted by molar-refractivity contribution is -0.0328. The molecule has 0 aliphatic carbocycles. The molecule has 106 valence electrons. The number of aryl methyl sites for hydroxylation is 1. The molecule has 0 fully saturated rings. The average Bonchev–Trinajstić information content (AvgIpc) is 2.64. The predicted octanol–water partition coefficient (Wildman–Crippen LogP) is 4.52. The van der Waals surface area contributed by atoms with E-state index in [0.717, 1.165) is 23.4 Å². The second-order valence-electron chi connectivity index (χ2n) is 4.32. The first-order chi connectivity index (χ1) is 9.31. The van der Waals surface area contributed by atoms with Crippen LogP contribution in [0.5, 0.6) is 0 Å². The molecule has 0 amide bonds. The molecule has 0 radical (unpaired) electrons. The molecule has 2 nitrogen and oxygen atoms in total. The first-order valence-corrected chi connectivity index (χ1v) is 6.64. The number of alkyl halides is 3. The summed E-state index contributed by atoms with van der Waals surface area (Å²) in [4.78, 5) is 11.0. The van der Waals surface area contributed by atoms with E-state index in [1.54, 1.807) is 25.1 Å². The maximum Gasteiger partial charge on any atom is 0.446 e. The highest BCUT2D eigenvalue weighted by molar-refractivity contribution is 8.00. The van der Waals surface area contributed by atoms with Crippen molar-refractivity contribution in [3.8, 4) is 5.69 Å². The molecule has 1 heterocycles. The predicted molar refractivity (Wildman–Crippen MR) is 72.5 cm³/mol. The van der Waals surface area contributed by atoms with Crippen LogP contribution in [0, 0.1) is 13.8 Å². The van der Waals surface area contributed by atoms with Gasteiger partial charge in [0, 0.05) is 27.5 Å². The second kappa shape index (κ2) is 5.36.